The predicted molar refractivity (Wildman–Crippen MR) is 73.9 cm³/mol. The van der Waals surface area contributed by atoms with Gasteiger partial charge in [0.15, 0.2) is 5.69 Å². The van der Waals surface area contributed by atoms with Gasteiger partial charge < -0.3 is 5.11 Å². The molecule has 1 N–H and O–H groups in total. The topological polar surface area (TPSA) is 72.2 Å². The highest BCUT2D eigenvalue weighted by atomic mass is 16.4. The molecule has 1 fully saturated rings. The number of carbonyl (C=O) groups is 2. The number of rotatable bonds is 2. The van der Waals surface area contributed by atoms with Gasteiger partial charge >= 0.3 is 5.97 Å². The SMILES string of the molecule is O=C(O)c1nn(C(=O)C2CCCCC2)c2ccccc12. The highest BCUT2D eigenvalue weighted by Gasteiger charge is 2.26. The fourth-order valence-electron chi connectivity index (χ4n) is 2.91. The van der Waals surface area contributed by atoms with E-state index in [-0.39, 0.29) is 17.5 Å². The van der Waals surface area contributed by atoms with Crippen LogP contribution < -0.4 is 0 Å². The molecule has 1 aliphatic carbocycles. The van der Waals surface area contributed by atoms with E-state index >= 15 is 0 Å². The standard InChI is InChI=1S/C15H16N2O3/c18-14(10-6-2-1-3-7-10)17-12-9-5-4-8-11(12)13(16-17)15(19)20/h4-5,8-10H,1-3,6-7H2,(H,19,20). The molecule has 5 nitrogen and oxygen atoms in total. The van der Waals surface area contributed by atoms with Crippen LogP contribution in [0.3, 0.4) is 0 Å². The fraction of sp³-hybridized carbons (Fsp3) is 0.400. The van der Waals surface area contributed by atoms with Crippen molar-refractivity contribution >= 4 is 22.8 Å². The average Bonchev–Trinajstić information content (AvgIpc) is 2.87. The second kappa shape index (κ2) is 5.07. The minimum atomic E-state index is -1.10. The Morgan fingerprint density at radius 2 is 1.85 bits per heavy atom. The van der Waals surface area contributed by atoms with Crippen LogP contribution in [0, 0.1) is 5.92 Å². The Morgan fingerprint density at radius 3 is 2.55 bits per heavy atom. The van der Waals surface area contributed by atoms with Crippen molar-refractivity contribution in [3.05, 3.63) is 30.0 Å². The van der Waals surface area contributed by atoms with Crippen molar-refractivity contribution in [1.29, 1.82) is 0 Å². The number of para-hydroxylation sites is 1. The van der Waals surface area contributed by atoms with Crippen molar-refractivity contribution in [1.82, 2.24) is 9.78 Å². The van der Waals surface area contributed by atoms with Crippen LogP contribution in [0.15, 0.2) is 24.3 Å². The van der Waals surface area contributed by atoms with Crippen molar-refractivity contribution < 1.29 is 14.7 Å². The first-order chi connectivity index (χ1) is 9.68. The van der Waals surface area contributed by atoms with Crippen molar-refractivity contribution in [3.63, 3.8) is 0 Å². The molecule has 1 heterocycles. The quantitative estimate of drug-likeness (QED) is 0.912. The van der Waals surface area contributed by atoms with Crippen LogP contribution in [0.1, 0.15) is 47.4 Å². The third-order valence-corrected chi connectivity index (χ3v) is 3.95. The maximum Gasteiger partial charge on any atom is 0.357 e. The number of nitrogens with zero attached hydrogens (tertiary/aromatic N) is 2. The van der Waals surface area contributed by atoms with Gasteiger partial charge in [-0.25, -0.2) is 4.79 Å². The number of carboxylic acids is 1. The van der Waals surface area contributed by atoms with E-state index in [2.05, 4.69) is 5.10 Å². The zero-order valence-electron chi connectivity index (χ0n) is 11.1. The molecule has 0 radical (unpaired) electrons. The van der Waals surface area contributed by atoms with Gasteiger partial charge in [0.2, 0.25) is 0 Å². The van der Waals surface area contributed by atoms with E-state index in [1.54, 1.807) is 24.3 Å². The Bertz CT molecular complexity index is 669. The molecule has 2 aromatic rings. The summed E-state index contributed by atoms with van der Waals surface area (Å²) in [6.07, 6.45) is 5.03. The van der Waals surface area contributed by atoms with E-state index in [4.69, 9.17) is 0 Å². The summed E-state index contributed by atoms with van der Waals surface area (Å²) in [6.45, 7) is 0. The number of aromatic nitrogens is 2. The van der Waals surface area contributed by atoms with Gasteiger partial charge in [0, 0.05) is 11.3 Å². The van der Waals surface area contributed by atoms with Gasteiger partial charge in [-0.05, 0) is 18.9 Å². The molecule has 0 aliphatic heterocycles. The number of hydrogen-bond donors (Lipinski definition) is 1. The molecule has 20 heavy (non-hydrogen) atoms. The molecule has 1 saturated carbocycles. The van der Waals surface area contributed by atoms with Gasteiger partial charge in [0.25, 0.3) is 5.91 Å². The number of benzene rings is 1. The first kappa shape index (κ1) is 12.8. The predicted octanol–water partition coefficient (Wildman–Crippen LogP) is 2.96. The minimum Gasteiger partial charge on any atom is -0.476 e. The lowest BCUT2D eigenvalue weighted by Crippen LogP contribution is -2.25. The molecular formula is C15H16N2O3. The highest BCUT2D eigenvalue weighted by Crippen LogP contribution is 2.27. The molecule has 1 aliphatic rings. The van der Waals surface area contributed by atoms with E-state index in [1.807, 2.05) is 0 Å². The molecule has 0 spiro atoms. The second-order valence-electron chi connectivity index (χ2n) is 5.26. The van der Waals surface area contributed by atoms with E-state index < -0.39 is 5.97 Å². The largest absolute Gasteiger partial charge is 0.476 e. The van der Waals surface area contributed by atoms with E-state index in [0.717, 1.165) is 25.7 Å². The third-order valence-electron chi connectivity index (χ3n) is 3.95. The summed E-state index contributed by atoms with van der Waals surface area (Å²) in [6, 6.07) is 6.98. The summed E-state index contributed by atoms with van der Waals surface area (Å²) in [5.41, 5.74) is 0.533. The lowest BCUT2D eigenvalue weighted by Gasteiger charge is -2.20. The monoisotopic (exact) mass is 272 g/mol. The van der Waals surface area contributed by atoms with Gasteiger partial charge in [0.1, 0.15) is 0 Å². The number of fused-ring (bicyclic) bond motifs is 1. The Balaban J connectivity index is 2.06. The summed E-state index contributed by atoms with van der Waals surface area (Å²) >= 11 is 0. The van der Waals surface area contributed by atoms with Crippen LogP contribution in [0.5, 0.6) is 0 Å². The zero-order chi connectivity index (χ0) is 14.1. The number of carbonyl (C=O) groups excluding carboxylic acids is 1. The molecule has 1 aromatic carbocycles. The fourth-order valence-corrected chi connectivity index (χ4v) is 2.91. The van der Waals surface area contributed by atoms with Crippen LogP contribution in [0.25, 0.3) is 10.9 Å². The minimum absolute atomic E-state index is 0.0336. The lowest BCUT2D eigenvalue weighted by molar-refractivity contribution is 0.0690. The first-order valence-electron chi connectivity index (χ1n) is 6.94. The Kier molecular flexibility index (Phi) is 3.26. The lowest BCUT2D eigenvalue weighted by atomic mass is 9.89. The molecule has 1 aromatic heterocycles. The van der Waals surface area contributed by atoms with Gasteiger partial charge in [-0.1, -0.05) is 37.5 Å². The van der Waals surface area contributed by atoms with Crippen molar-refractivity contribution in [3.8, 4) is 0 Å². The Hall–Kier alpha value is -2.17. The average molecular weight is 272 g/mol. The summed E-state index contributed by atoms with van der Waals surface area (Å²) in [5.74, 6) is -1.21. The number of hydrogen-bond acceptors (Lipinski definition) is 3. The van der Waals surface area contributed by atoms with E-state index in [1.165, 1.54) is 11.1 Å². The van der Waals surface area contributed by atoms with Gasteiger partial charge in [-0.2, -0.15) is 9.78 Å². The normalized spacial score (nSPS) is 16.4. The molecule has 3 rings (SSSR count). The van der Waals surface area contributed by atoms with Crippen molar-refractivity contribution in [2.24, 2.45) is 5.92 Å². The van der Waals surface area contributed by atoms with Gasteiger partial charge in [-0.15, -0.1) is 0 Å². The second-order valence-corrected chi connectivity index (χ2v) is 5.26. The zero-order valence-corrected chi connectivity index (χ0v) is 11.1. The highest BCUT2D eigenvalue weighted by molar-refractivity contribution is 6.04. The van der Waals surface area contributed by atoms with Crippen LogP contribution in [-0.4, -0.2) is 26.8 Å². The van der Waals surface area contributed by atoms with Crippen molar-refractivity contribution in [2.45, 2.75) is 32.1 Å². The molecule has 0 saturated heterocycles. The summed E-state index contributed by atoms with van der Waals surface area (Å²) in [7, 11) is 0. The Morgan fingerprint density at radius 1 is 1.15 bits per heavy atom. The first-order valence-corrected chi connectivity index (χ1v) is 6.94. The maximum atomic E-state index is 12.6. The van der Waals surface area contributed by atoms with E-state index in [0.29, 0.717) is 10.9 Å². The summed E-state index contributed by atoms with van der Waals surface area (Å²) in [4.78, 5) is 23.8. The van der Waals surface area contributed by atoms with Crippen LogP contribution in [-0.2, 0) is 0 Å². The maximum absolute atomic E-state index is 12.6. The van der Waals surface area contributed by atoms with Gasteiger partial charge in [0.05, 0.1) is 5.52 Å². The number of carboxylic acid groups (broad SMARTS) is 1. The smallest absolute Gasteiger partial charge is 0.357 e. The molecule has 104 valence electrons. The van der Waals surface area contributed by atoms with Gasteiger partial charge in [-0.3, -0.25) is 4.79 Å². The van der Waals surface area contributed by atoms with Crippen molar-refractivity contribution in [2.75, 3.05) is 0 Å². The molecule has 5 heteroatoms. The molecule has 0 amide bonds. The van der Waals surface area contributed by atoms with Crippen LogP contribution >= 0.6 is 0 Å². The van der Waals surface area contributed by atoms with E-state index in [9.17, 15) is 14.7 Å². The Labute approximate surface area is 116 Å². The molecular weight excluding hydrogens is 256 g/mol. The number of aromatic carboxylic acids is 1. The van der Waals surface area contributed by atoms with Crippen LogP contribution in [0.4, 0.5) is 0 Å². The molecule has 0 bridgehead atoms. The summed E-state index contributed by atoms with van der Waals surface area (Å²) in [5, 5.41) is 13.8. The summed E-state index contributed by atoms with van der Waals surface area (Å²) < 4.78 is 1.29. The van der Waals surface area contributed by atoms with Crippen LogP contribution in [0.2, 0.25) is 0 Å². The molecule has 0 unspecified atom stereocenters. The third kappa shape index (κ3) is 2.09. The molecule has 0 atom stereocenters.